The number of benzene rings is 1. The van der Waals surface area contributed by atoms with Gasteiger partial charge in [0.25, 0.3) is 0 Å². The first-order valence-corrected chi connectivity index (χ1v) is 4.85. The van der Waals surface area contributed by atoms with Crippen LogP contribution in [0.1, 0.15) is 15.9 Å². The van der Waals surface area contributed by atoms with Crippen LogP contribution >= 0.6 is 11.6 Å². The Labute approximate surface area is 100.0 Å². The van der Waals surface area contributed by atoms with Gasteiger partial charge >= 0.3 is 5.79 Å². The highest BCUT2D eigenvalue weighted by Crippen LogP contribution is 2.33. The van der Waals surface area contributed by atoms with Crippen molar-refractivity contribution < 1.29 is 9.72 Å². The molecule has 1 aromatic carbocycles. The molecule has 0 fully saturated rings. The number of nitro groups is 1. The molecule has 8 heteroatoms. The Bertz CT molecular complexity index is 540. The lowest BCUT2D eigenvalue weighted by Crippen LogP contribution is -2.29. The Morgan fingerprint density at radius 3 is 2.41 bits per heavy atom. The van der Waals surface area contributed by atoms with Crippen LogP contribution in [0.15, 0.2) is 39.5 Å². The molecule has 0 radical (unpaired) electrons. The lowest BCUT2D eigenvalue weighted by Gasteiger charge is -2.11. The number of azo groups is 1. The second kappa shape index (κ2) is 4.02. The van der Waals surface area contributed by atoms with E-state index in [1.54, 1.807) is 0 Å². The van der Waals surface area contributed by atoms with Crippen molar-refractivity contribution in [1.82, 2.24) is 0 Å². The Hall–Kier alpha value is -2.15. The molecular weight excluding hydrogens is 248 g/mol. The van der Waals surface area contributed by atoms with Crippen LogP contribution in [0.3, 0.4) is 0 Å². The van der Waals surface area contributed by atoms with Gasteiger partial charge in [0.05, 0.1) is 10.5 Å². The van der Waals surface area contributed by atoms with Crippen LogP contribution < -0.4 is 0 Å². The number of rotatable bonds is 3. The van der Waals surface area contributed by atoms with E-state index >= 15 is 0 Å². The number of hydrogen-bond donors (Lipinski definition) is 0. The molecule has 1 aliphatic heterocycles. The molecule has 0 aliphatic carbocycles. The molecule has 0 spiro atoms. The monoisotopic (exact) mass is 252 g/mol. The molecule has 1 heterocycles. The van der Waals surface area contributed by atoms with Crippen molar-refractivity contribution in [3.05, 3.63) is 45.5 Å². The van der Waals surface area contributed by atoms with E-state index in [2.05, 4.69) is 15.2 Å². The summed E-state index contributed by atoms with van der Waals surface area (Å²) in [6, 6.07) is 5.66. The summed E-state index contributed by atoms with van der Waals surface area (Å²) in [6.45, 7) is 0. The van der Waals surface area contributed by atoms with E-state index < -0.39 is 10.7 Å². The smallest absolute Gasteiger partial charge is 0.298 e. The largest absolute Gasteiger partial charge is 0.458 e. The van der Waals surface area contributed by atoms with Gasteiger partial charge in [0.15, 0.2) is 0 Å². The zero-order valence-electron chi connectivity index (χ0n) is 8.28. The average molecular weight is 253 g/mol. The van der Waals surface area contributed by atoms with E-state index in [9.17, 15) is 14.9 Å². The van der Waals surface area contributed by atoms with Crippen LogP contribution in [0, 0.1) is 10.1 Å². The highest BCUT2D eigenvalue weighted by molar-refractivity contribution is 6.65. The third kappa shape index (κ3) is 1.80. The summed E-state index contributed by atoms with van der Waals surface area (Å²) in [4.78, 5) is 24.4. The fraction of sp³-hybridized carbons (Fsp3) is 0.111. The molecule has 1 unspecified atom stereocenters. The molecule has 0 saturated heterocycles. The number of nitrogens with zero attached hydrogens (tertiary/aromatic N) is 4. The van der Waals surface area contributed by atoms with Crippen molar-refractivity contribution in [2.24, 2.45) is 15.2 Å². The van der Waals surface area contributed by atoms with Crippen molar-refractivity contribution >= 4 is 23.2 Å². The summed E-state index contributed by atoms with van der Waals surface area (Å²) >= 11 is 5.48. The Balaban J connectivity index is 2.52. The summed E-state index contributed by atoms with van der Waals surface area (Å²) in [6.07, 6.45) is 0.634. The van der Waals surface area contributed by atoms with Gasteiger partial charge in [0.1, 0.15) is 6.29 Å². The molecule has 0 N–H and O–H groups in total. The van der Waals surface area contributed by atoms with Gasteiger partial charge in [-0.15, -0.1) is 10.1 Å². The minimum atomic E-state index is -2.03. The topological polar surface area (TPSA) is 97.3 Å². The van der Waals surface area contributed by atoms with Crippen molar-refractivity contribution in [1.29, 1.82) is 0 Å². The summed E-state index contributed by atoms with van der Waals surface area (Å²) in [5.74, 6) is -2.03. The van der Waals surface area contributed by atoms with Crippen LogP contribution in [-0.2, 0) is 5.79 Å². The molecule has 2 rings (SSSR count). The SMILES string of the molecule is O=Cc1ccc(C2([N+](=O)[O-])N=NC(Cl)=N2)cc1. The van der Waals surface area contributed by atoms with Crippen LogP contribution in [0.2, 0.25) is 0 Å². The maximum absolute atomic E-state index is 11.0. The van der Waals surface area contributed by atoms with Crippen molar-refractivity contribution in [3.63, 3.8) is 0 Å². The van der Waals surface area contributed by atoms with Crippen molar-refractivity contribution in [2.75, 3.05) is 0 Å². The summed E-state index contributed by atoms with van der Waals surface area (Å²) in [5, 5.41) is 17.6. The minimum absolute atomic E-state index is 0.188. The van der Waals surface area contributed by atoms with Crippen LogP contribution in [0.5, 0.6) is 0 Å². The van der Waals surface area contributed by atoms with E-state index in [1.807, 2.05) is 0 Å². The number of aliphatic imine (C=N–C) groups is 1. The fourth-order valence-corrected chi connectivity index (χ4v) is 1.53. The first-order valence-electron chi connectivity index (χ1n) is 4.47. The van der Waals surface area contributed by atoms with Gasteiger partial charge < -0.3 is 0 Å². The first-order chi connectivity index (χ1) is 8.08. The maximum Gasteiger partial charge on any atom is 0.458 e. The van der Waals surface area contributed by atoms with E-state index in [1.165, 1.54) is 24.3 Å². The number of hydrogen-bond acceptors (Lipinski definition) is 6. The third-order valence-corrected chi connectivity index (χ3v) is 2.37. The highest BCUT2D eigenvalue weighted by atomic mass is 35.5. The van der Waals surface area contributed by atoms with Gasteiger partial charge in [-0.05, 0) is 23.7 Å². The summed E-state index contributed by atoms with van der Waals surface area (Å²) in [5.41, 5.74) is 0.588. The van der Waals surface area contributed by atoms with Gasteiger partial charge in [0, 0.05) is 5.56 Å². The zero-order valence-corrected chi connectivity index (χ0v) is 9.03. The number of carbonyl (C=O) groups is 1. The van der Waals surface area contributed by atoms with Crippen LogP contribution in [0.4, 0.5) is 0 Å². The Morgan fingerprint density at radius 1 is 1.35 bits per heavy atom. The van der Waals surface area contributed by atoms with Crippen LogP contribution in [-0.4, -0.2) is 16.5 Å². The second-order valence-electron chi connectivity index (χ2n) is 3.21. The van der Waals surface area contributed by atoms with Gasteiger partial charge in [-0.1, -0.05) is 17.2 Å². The normalized spacial score (nSPS) is 22.3. The summed E-state index contributed by atoms with van der Waals surface area (Å²) < 4.78 is 0. The Morgan fingerprint density at radius 2 is 2.00 bits per heavy atom. The molecule has 86 valence electrons. The van der Waals surface area contributed by atoms with E-state index in [-0.39, 0.29) is 10.9 Å². The predicted octanol–water partition coefficient (Wildman–Crippen LogP) is 1.95. The van der Waals surface area contributed by atoms with E-state index in [0.29, 0.717) is 11.8 Å². The molecule has 0 bridgehead atoms. The van der Waals surface area contributed by atoms with Gasteiger partial charge in [-0.2, -0.15) is 0 Å². The lowest BCUT2D eigenvalue weighted by molar-refractivity contribution is -0.575. The molecule has 0 amide bonds. The average Bonchev–Trinajstić information content (AvgIpc) is 2.73. The quantitative estimate of drug-likeness (QED) is 0.356. The predicted molar refractivity (Wildman–Crippen MR) is 58.6 cm³/mol. The second-order valence-corrected chi connectivity index (χ2v) is 3.55. The number of carbonyl (C=O) groups excluding carboxylic acids is 1. The van der Waals surface area contributed by atoms with E-state index in [0.717, 1.165) is 0 Å². The Kier molecular flexibility index (Phi) is 2.68. The molecule has 1 atom stereocenters. The van der Waals surface area contributed by atoms with Crippen molar-refractivity contribution in [2.45, 2.75) is 5.79 Å². The van der Waals surface area contributed by atoms with Gasteiger partial charge in [0.2, 0.25) is 5.29 Å². The number of halogens is 1. The highest BCUT2D eigenvalue weighted by Gasteiger charge is 2.49. The standard InChI is InChI=1S/C9H5ClN4O3/c10-8-11-9(13-12-8,14(16)17)7-3-1-6(5-15)2-4-7/h1-5H. The first kappa shape index (κ1) is 11.3. The molecule has 0 aromatic heterocycles. The third-order valence-electron chi connectivity index (χ3n) is 2.21. The molecule has 1 aliphatic rings. The molecule has 1 aromatic rings. The molecule has 7 nitrogen and oxygen atoms in total. The number of aldehydes is 1. The summed E-state index contributed by atoms with van der Waals surface area (Å²) in [7, 11) is 0. The molecular formula is C9H5ClN4O3. The zero-order chi connectivity index (χ0) is 12.5. The fourth-order valence-electron chi connectivity index (χ4n) is 1.37. The van der Waals surface area contributed by atoms with Crippen molar-refractivity contribution in [3.8, 4) is 0 Å². The maximum atomic E-state index is 11.0. The molecule has 0 saturated carbocycles. The van der Waals surface area contributed by atoms with E-state index in [4.69, 9.17) is 11.6 Å². The van der Waals surface area contributed by atoms with Gasteiger partial charge in [-0.25, -0.2) is 0 Å². The van der Waals surface area contributed by atoms with Gasteiger partial charge in [-0.3, -0.25) is 14.9 Å². The van der Waals surface area contributed by atoms with Crippen LogP contribution in [0.25, 0.3) is 0 Å². The number of amidine groups is 1. The minimum Gasteiger partial charge on any atom is -0.298 e. The lowest BCUT2D eigenvalue weighted by atomic mass is 10.1. The molecule has 17 heavy (non-hydrogen) atoms.